The summed E-state index contributed by atoms with van der Waals surface area (Å²) >= 11 is 0. The molecule has 3 rings (SSSR count). The molecular formula is C15H15NO3S. The average molecular weight is 289 g/mol. The van der Waals surface area contributed by atoms with Crippen LogP contribution in [0.25, 0.3) is 0 Å². The second-order valence-corrected chi connectivity index (χ2v) is 6.60. The van der Waals surface area contributed by atoms with E-state index < -0.39 is 16.1 Å². The Morgan fingerprint density at radius 2 is 1.70 bits per heavy atom. The van der Waals surface area contributed by atoms with Crippen molar-refractivity contribution >= 4 is 15.7 Å². The van der Waals surface area contributed by atoms with E-state index in [1.54, 1.807) is 36.4 Å². The van der Waals surface area contributed by atoms with Crippen molar-refractivity contribution in [2.45, 2.75) is 17.4 Å². The van der Waals surface area contributed by atoms with Crippen LogP contribution in [0.4, 0.5) is 5.69 Å². The second kappa shape index (κ2) is 4.92. The number of aliphatic hydroxyl groups is 1. The first-order valence-corrected chi connectivity index (χ1v) is 7.87. The summed E-state index contributed by atoms with van der Waals surface area (Å²) in [6.07, 6.45) is 0.540. The number of sulfonamides is 1. The first-order valence-electron chi connectivity index (χ1n) is 6.43. The molecule has 0 bridgehead atoms. The summed E-state index contributed by atoms with van der Waals surface area (Å²) in [6.45, 7) is -0.194. The number of fused-ring (bicyclic) bond motifs is 1. The molecule has 104 valence electrons. The maximum Gasteiger partial charge on any atom is 0.264 e. The number of hydrogen-bond acceptors (Lipinski definition) is 3. The van der Waals surface area contributed by atoms with E-state index in [-0.39, 0.29) is 11.5 Å². The third-order valence-electron chi connectivity index (χ3n) is 3.53. The molecule has 1 aliphatic heterocycles. The van der Waals surface area contributed by atoms with Crippen molar-refractivity contribution < 1.29 is 13.5 Å². The molecule has 1 atom stereocenters. The van der Waals surface area contributed by atoms with E-state index in [1.807, 2.05) is 18.2 Å². The van der Waals surface area contributed by atoms with E-state index in [1.165, 1.54) is 4.31 Å². The standard InChI is InChI=1S/C15H15NO3S/c17-11-13-10-12-6-4-5-9-15(12)16(13)20(18,19)14-7-2-1-3-8-14/h1-9,13,17H,10-11H2. The topological polar surface area (TPSA) is 57.6 Å². The molecule has 1 heterocycles. The first kappa shape index (κ1) is 13.1. The van der Waals surface area contributed by atoms with E-state index in [9.17, 15) is 13.5 Å². The van der Waals surface area contributed by atoms with E-state index in [4.69, 9.17) is 0 Å². The predicted octanol–water partition coefficient (Wildman–Crippen LogP) is 1.80. The number of rotatable bonds is 3. The van der Waals surface area contributed by atoms with Crippen LogP contribution in [0.3, 0.4) is 0 Å². The fraction of sp³-hybridized carbons (Fsp3) is 0.200. The van der Waals surface area contributed by atoms with Gasteiger partial charge in [0, 0.05) is 0 Å². The van der Waals surface area contributed by atoms with Crippen LogP contribution in [-0.2, 0) is 16.4 Å². The zero-order valence-electron chi connectivity index (χ0n) is 10.8. The van der Waals surface area contributed by atoms with Gasteiger partial charge in [-0.3, -0.25) is 4.31 Å². The van der Waals surface area contributed by atoms with Gasteiger partial charge in [0.1, 0.15) is 0 Å². The van der Waals surface area contributed by atoms with Gasteiger partial charge in [-0.05, 0) is 30.2 Å². The van der Waals surface area contributed by atoms with Gasteiger partial charge in [-0.25, -0.2) is 8.42 Å². The molecule has 0 saturated heterocycles. The fourth-order valence-electron chi connectivity index (χ4n) is 2.60. The van der Waals surface area contributed by atoms with Crippen molar-refractivity contribution in [2.75, 3.05) is 10.9 Å². The van der Waals surface area contributed by atoms with Crippen molar-refractivity contribution in [1.29, 1.82) is 0 Å². The lowest BCUT2D eigenvalue weighted by atomic mass is 10.1. The number of hydrogen-bond donors (Lipinski definition) is 1. The minimum absolute atomic E-state index is 0.194. The van der Waals surface area contributed by atoms with Crippen LogP contribution in [-0.4, -0.2) is 26.2 Å². The summed E-state index contributed by atoms with van der Waals surface area (Å²) in [7, 11) is -3.64. The minimum atomic E-state index is -3.64. The Hall–Kier alpha value is -1.85. The third kappa shape index (κ3) is 1.99. The number of nitrogens with zero attached hydrogens (tertiary/aromatic N) is 1. The smallest absolute Gasteiger partial charge is 0.264 e. The maximum absolute atomic E-state index is 12.8. The van der Waals surface area contributed by atoms with E-state index in [2.05, 4.69) is 0 Å². The number of benzene rings is 2. The van der Waals surface area contributed by atoms with Crippen LogP contribution in [0, 0.1) is 0 Å². The summed E-state index contributed by atoms with van der Waals surface area (Å²) in [5.41, 5.74) is 1.61. The van der Waals surface area contributed by atoms with Gasteiger partial charge in [0.05, 0.1) is 23.2 Å². The molecule has 4 nitrogen and oxygen atoms in total. The highest BCUT2D eigenvalue weighted by Gasteiger charge is 2.37. The van der Waals surface area contributed by atoms with Gasteiger partial charge in [-0.2, -0.15) is 0 Å². The highest BCUT2D eigenvalue weighted by atomic mass is 32.2. The van der Waals surface area contributed by atoms with Crippen molar-refractivity contribution in [3.05, 3.63) is 60.2 Å². The largest absolute Gasteiger partial charge is 0.394 e. The minimum Gasteiger partial charge on any atom is -0.394 e. The van der Waals surface area contributed by atoms with Crippen LogP contribution < -0.4 is 4.31 Å². The average Bonchev–Trinajstić information content (AvgIpc) is 2.87. The molecule has 2 aromatic carbocycles. The molecule has 5 heteroatoms. The highest BCUT2D eigenvalue weighted by Crippen LogP contribution is 2.36. The normalized spacial score (nSPS) is 18.1. The maximum atomic E-state index is 12.8. The monoisotopic (exact) mass is 289 g/mol. The molecule has 2 aromatic rings. The Labute approximate surface area is 118 Å². The van der Waals surface area contributed by atoms with Gasteiger partial charge in [0.25, 0.3) is 10.0 Å². The molecule has 0 aromatic heterocycles. The third-order valence-corrected chi connectivity index (χ3v) is 5.41. The molecule has 1 N–H and O–H groups in total. The molecule has 20 heavy (non-hydrogen) atoms. The zero-order valence-corrected chi connectivity index (χ0v) is 11.6. The Morgan fingerprint density at radius 1 is 1.05 bits per heavy atom. The van der Waals surface area contributed by atoms with Crippen LogP contribution in [0.2, 0.25) is 0 Å². The SMILES string of the molecule is O=S(=O)(c1ccccc1)N1c2ccccc2CC1CO. The van der Waals surface area contributed by atoms with Gasteiger partial charge < -0.3 is 5.11 Å². The quantitative estimate of drug-likeness (QED) is 0.937. The lowest BCUT2D eigenvalue weighted by Crippen LogP contribution is -2.39. The summed E-state index contributed by atoms with van der Waals surface area (Å²) in [4.78, 5) is 0.246. The molecule has 0 saturated carbocycles. The Balaban J connectivity index is 2.13. The predicted molar refractivity (Wildman–Crippen MR) is 77.1 cm³/mol. The summed E-state index contributed by atoms with van der Waals surface area (Å²) in [5, 5.41) is 9.51. The van der Waals surface area contributed by atoms with Crippen molar-refractivity contribution in [3.63, 3.8) is 0 Å². The Morgan fingerprint density at radius 3 is 2.40 bits per heavy atom. The molecule has 0 amide bonds. The highest BCUT2D eigenvalue weighted by molar-refractivity contribution is 7.92. The Kier molecular flexibility index (Phi) is 3.23. The first-order chi connectivity index (χ1) is 9.64. The van der Waals surface area contributed by atoms with Crippen LogP contribution in [0.5, 0.6) is 0 Å². The number of aliphatic hydroxyl groups excluding tert-OH is 1. The molecule has 0 fully saturated rings. The molecule has 1 aliphatic rings. The van der Waals surface area contributed by atoms with Crippen LogP contribution in [0.15, 0.2) is 59.5 Å². The van der Waals surface area contributed by atoms with Gasteiger partial charge in [0.15, 0.2) is 0 Å². The van der Waals surface area contributed by atoms with E-state index >= 15 is 0 Å². The second-order valence-electron chi connectivity index (χ2n) is 4.78. The van der Waals surface area contributed by atoms with Crippen molar-refractivity contribution in [2.24, 2.45) is 0 Å². The lowest BCUT2D eigenvalue weighted by Gasteiger charge is -2.25. The number of para-hydroxylation sites is 1. The van der Waals surface area contributed by atoms with E-state index in [0.29, 0.717) is 12.1 Å². The van der Waals surface area contributed by atoms with Crippen molar-refractivity contribution in [1.82, 2.24) is 0 Å². The molecule has 0 radical (unpaired) electrons. The fourth-order valence-corrected chi connectivity index (χ4v) is 4.30. The molecular weight excluding hydrogens is 274 g/mol. The summed E-state index contributed by atoms with van der Waals surface area (Å²) < 4.78 is 26.9. The molecule has 0 aliphatic carbocycles. The summed E-state index contributed by atoms with van der Waals surface area (Å²) in [5.74, 6) is 0. The van der Waals surface area contributed by atoms with Gasteiger partial charge in [-0.1, -0.05) is 36.4 Å². The van der Waals surface area contributed by atoms with Crippen LogP contribution in [0.1, 0.15) is 5.56 Å². The molecule has 1 unspecified atom stereocenters. The number of anilines is 1. The summed E-state index contributed by atoms with van der Waals surface area (Å²) in [6, 6.07) is 15.3. The van der Waals surface area contributed by atoms with Gasteiger partial charge in [-0.15, -0.1) is 0 Å². The van der Waals surface area contributed by atoms with Gasteiger partial charge in [0.2, 0.25) is 0 Å². The Bertz CT molecular complexity index is 713. The lowest BCUT2D eigenvalue weighted by molar-refractivity contribution is 0.270. The van der Waals surface area contributed by atoms with Gasteiger partial charge >= 0.3 is 0 Å². The van der Waals surface area contributed by atoms with Crippen molar-refractivity contribution in [3.8, 4) is 0 Å². The molecule has 0 spiro atoms. The van der Waals surface area contributed by atoms with Crippen LogP contribution >= 0.6 is 0 Å². The zero-order chi connectivity index (χ0) is 14.2. The van der Waals surface area contributed by atoms with E-state index in [0.717, 1.165) is 5.56 Å².